The zero-order valence-electron chi connectivity index (χ0n) is 12.9. The van der Waals surface area contributed by atoms with E-state index in [-0.39, 0.29) is 40.8 Å². The molecule has 3 fully saturated rings. The Labute approximate surface area is 141 Å². The normalized spacial score (nSPS) is 48.0. The number of amides is 1. The third-order valence-corrected chi connectivity index (χ3v) is 6.86. The van der Waals surface area contributed by atoms with Crippen LogP contribution in [0, 0.1) is 11.8 Å². The van der Waals surface area contributed by atoms with Gasteiger partial charge in [-0.2, -0.15) is 0 Å². The van der Waals surface area contributed by atoms with Gasteiger partial charge in [0.05, 0.1) is 16.9 Å². The predicted octanol–water partition coefficient (Wildman–Crippen LogP) is 0.806. The maximum absolute atomic E-state index is 12.0. The molecule has 2 heterocycles. The highest BCUT2D eigenvalue weighted by molar-refractivity contribution is 6.30. The number of fused-ring (bicyclic) bond motifs is 3. The maximum Gasteiger partial charge on any atom is 0.248 e. The number of rotatable bonds is 2. The van der Waals surface area contributed by atoms with E-state index >= 15 is 0 Å². The number of likely N-dealkylation sites (tertiary alicyclic amines) is 1. The Morgan fingerprint density at radius 3 is 2.77 bits per heavy atom. The SMILES string of the molecule is COC1CC(Cl)C(Cl)C2NC3C[C@@H](C)N(C(=O)CO)CC3C12. The number of aliphatic hydroxyl groups excluding tert-OH is 1. The lowest BCUT2D eigenvalue weighted by atomic mass is 9.73. The number of methoxy groups -OCH3 is 1. The standard InChI is InChI=1S/C15H24Cl2N2O3/c1-7-3-10-8(5-19(7)12(21)6-20)13-11(22-2)4-9(16)14(17)15(13)18-10/h7-11,13-15,18,20H,3-6H2,1-2H3/t7-,8?,9?,10?,11?,13?,14?,15?/m1/s1. The van der Waals surface area contributed by atoms with Gasteiger partial charge in [0, 0.05) is 37.7 Å². The number of ether oxygens (including phenoxy) is 1. The van der Waals surface area contributed by atoms with Crippen LogP contribution in [0.25, 0.3) is 0 Å². The quantitative estimate of drug-likeness (QED) is 0.723. The number of nitrogens with zero attached hydrogens (tertiary/aromatic N) is 1. The number of alkyl halides is 2. The highest BCUT2D eigenvalue weighted by Gasteiger charge is 2.56. The van der Waals surface area contributed by atoms with Crippen molar-refractivity contribution in [1.82, 2.24) is 10.2 Å². The number of nitrogens with one attached hydrogen (secondary N) is 1. The molecule has 0 spiro atoms. The molecule has 2 aliphatic heterocycles. The highest BCUT2D eigenvalue weighted by atomic mass is 35.5. The summed E-state index contributed by atoms with van der Waals surface area (Å²) in [5.41, 5.74) is 0. The molecule has 126 valence electrons. The Morgan fingerprint density at radius 2 is 2.14 bits per heavy atom. The molecular formula is C15H24Cl2N2O3. The van der Waals surface area contributed by atoms with Crippen molar-refractivity contribution < 1.29 is 14.6 Å². The minimum atomic E-state index is -0.432. The zero-order chi connectivity index (χ0) is 16.0. The summed E-state index contributed by atoms with van der Waals surface area (Å²) in [6.45, 7) is 2.25. The monoisotopic (exact) mass is 350 g/mol. The van der Waals surface area contributed by atoms with Crippen LogP contribution < -0.4 is 5.32 Å². The molecule has 2 N–H and O–H groups in total. The third kappa shape index (κ3) is 2.65. The molecule has 2 saturated heterocycles. The fraction of sp³-hybridized carbons (Fsp3) is 0.933. The van der Waals surface area contributed by atoms with Gasteiger partial charge in [-0.15, -0.1) is 23.2 Å². The number of halogens is 2. The summed E-state index contributed by atoms with van der Waals surface area (Å²) in [5, 5.41) is 12.6. The second-order valence-corrected chi connectivity index (χ2v) is 7.86. The fourth-order valence-corrected chi connectivity index (χ4v) is 5.32. The smallest absolute Gasteiger partial charge is 0.248 e. The van der Waals surface area contributed by atoms with E-state index in [1.807, 2.05) is 6.92 Å². The molecule has 0 aromatic carbocycles. The summed E-state index contributed by atoms with van der Waals surface area (Å²) in [4.78, 5) is 13.8. The van der Waals surface area contributed by atoms with E-state index in [0.29, 0.717) is 18.5 Å². The molecule has 7 heteroatoms. The molecule has 8 atom stereocenters. The van der Waals surface area contributed by atoms with E-state index in [1.165, 1.54) is 0 Å². The summed E-state index contributed by atoms with van der Waals surface area (Å²) >= 11 is 12.9. The zero-order valence-corrected chi connectivity index (χ0v) is 14.4. The molecule has 3 aliphatic rings. The van der Waals surface area contributed by atoms with Crippen LogP contribution in [0.15, 0.2) is 0 Å². The van der Waals surface area contributed by atoms with Crippen molar-refractivity contribution in [3.63, 3.8) is 0 Å². The van der Waals surface area contributed by atoms with Gasteiger partial charge in [-0.3, -0.25) is 4.79 Å². The molecule has 3 rings (SSSR count). The molecule has 22 heavy (non-hydrogen) atoms. The Morgan fingerprint density at radius 1 is 1.41 bits per heavy atom. The van der Waals surface area contributed by atoms with Crippen molar-refractivity contribution in [2.75, 3.05) is 20.3 Å². The molecule has 0 radical (unpaired) electrons. The number of aliphatic hydroxyl groups is 1. The number of piperidine rings is 1. The first-order valence-corrected chi connectivity index (χ1v) is 8.82. The average molecular weight is 351 g/mol. The lowest BCUT2D eigenvalue weighted by Gasteiger charge is -2.44. The van der Waals surface area contributed by atoms with Crippen LogP contribution in [0.3, 0.4) is 0 Å². The van der Waals surface area contributed by atoms with Crippen LogP contribution in [0.2, 0.25) is 0 Å². The van der Waals surface area contributed by atoms with Crippen LogP contribution in [0.5, 0.6) is 0 Å². The van der Waals surface area contributed by atoms with Gasteiger partial charge in [-0.05, 0) is 25.7 Å². The van der Waals surface area contributed by atoms with Crippen LogP contribution in [0.4, 0.5) is 0 Å². The summed E-state index contributed by atoms with van der Waals surface area (Å²) in [6.07, 6.45) is 1.67. The van der Waals surface area contributed by atoms with E-state index in [0.717, 1.165) is 12.8 Å². The Kier molecular flexibility index (Phi) is 4.91. The molecule has 0 aromatic heterocycles. The van der Waals surface area contributed by atoms with Gasteiger partial charge < -0.3 is 20.1 Å². The highest BCUT2D eigenvalue weighted by Crippen LogP contribution is 2.45. The van der Waals surface area contributed by atoms with E-state index in [1.54, 1.807) is 12.0 Å². The molecule has 1 amide bonds. The molecular weight excluding hydrogens is 327 g/mol. The summed E-state index contributed by atoms with van der Waals surface area (Å²) < 4.78 is 5.69. The summed E-state index contributed by atoms with van der Waals surface area (Å²) in [7, 11) is 1.72. The average Bonchev–Trinajstić information content (AvgIpc) is 2.87. The number of hydrogen-bond acceptors (Lipinski definition) is 4. The summed E-state index contributed by atoms with van der Waals surface area (Å²) in [6, 6.07) is 0.568. The van der Waals surface area contributed by atoms with Crippen molar-refractivity contribution >= 4 is 29.1 Å². The minimum absolute atomic E-state index is 0.0597. The number of carbonyl (C=O) groups excluding carboxylic acids is 1. The number of hydrogen-bond donors (Lipinski definition) is 2. The first kappa shape index (κ1) is 16.8. The van der Waals surface area contributed by atoms with Crippen LogP contribution >= 0.6 is 23.2 Å². The Balaban J connectivity index is 1.84. The van der Waals surface area contributed by atoms with Crippen molar-refractivity contribution in [2.24, 2.45) is 11.8 Å². The van der Waals surface area contributed by atoms with E-state index in [9.17, 15) is 9.90 Å². The summed E-state index contributed by atoms with van der Waals surface area (Å²) in [5.74, 6) is 0.359. The topological polar surface area (TPSA) is 61.8 Å². The van der Waals surface area contributed by atoms with Gasteiger partial charge >= 0.3 is 0 Å². The predicted molar refractivity (Wildman–Crippen MR) is 85.3 cm³/mol. The Bertz CT molecular complexity index is 439. The van der Waals surface area contributed by atoms with Crippen LogP contribution in [-0.2, 0) is 9.53 Å². The first-order chi connectivity index (χ1) is 10.5. The van der Waals surface area contributed by atoms with E-state index < -0.39 is 6.61 Å². The van der Waals surface area contributed by atoms with Gasteiger partial charge in [0.25, 0.3) is 0 Å². The minimum Gasteiger partial charge on any atom is -0.387 e. The second-order valence-electron chi connectivity index (χ2n) is 6.80. The van der Waals surface area contributed by atoms with E-state index in [4.69, 9.17) is 27.9 Å². The fourth-order valence-electron chi connectivity index (χ4n) is 4.65. The molecule has 0 aromatic rings. The van der Waals surface area contributed by atoms with Crippen LogP contribution in [0.1, 0.15) is 19.8 Å². The molecule has 1 saturated carbocycles. The van der Waals surface area contributed by atoms with Crippen molar-refractivity contribution in [3.05, 3.63) is 0 Å². The largest absolute Gasteiger partial charge is 0.387 e. The molecule has 5 nitrogen and oxygen atoms in total. The lowest BCUT2D eigenvalue weighted by molar-refractivity contribution is -0.139. The maximum atomic E-state index is 12.0. The van der Waals surface area contributed by atoms with Gasteiger partial charge in [-0.25, -0.2) is 0 Å². The second kappa shape index (κ2) is 6.44. The molecule has 1 aliphatic carbocycles. The third-order valence-electron chi connectivity index (χ3n) is 5.70. The van der Waals surface area contributed by atoms with E-state index in [2.05, 4.69) is 5.32 Å². The number of carbonyl (C=O) groups is 1. The van der Waals surface area contributed by atoms with Gasteiger partial charge in [0.15, 0.2) is 0 Å². The molecule has 0 bridgehead atoms. The van der Waals surface area contributed by atoms with Crippen molar-refractivity contribution in [2.45, 2.75) is 54.7 Å². The van der Waals surface area contributed by atoms with Crippen LogP contribution in [-0.4, -0.2) is 71.2 Å². The van der Waals surface area contributed by atoms with Crippen molar-refractivity contribution in [3.8, 4) is 0 Å². The van der Waals surface area contributed by atoms with Gasteiger partial charge in [0.2, 0.25) is 5.91 Å². The van der Waals surface area contributed by atoms with Crippen molar-refractivity contribution in [1.29, 1.82) is 0 Å². The first-order valence-electron chi connectivity index (χ1n) is 7.95. The lowest BCUT2D eigenvalue weighted by Crippen LogP contribution is -2.54. The van der Waals surface area contributed by atoms with Gasteiger partial charge in [-0.1, -0.05) is 0 Å². The van der Waals surface area contributed by atoms with Gasteiger partial charge in [0.1, 0.15) is 6.61 Å². The molecule has 7 unspecified atom stereocenters. The Hall–Kier alpha value is -0.0700.